The van der Waals surface area contributed by atoms with Gasteiger partial charge in [0.15, 0.2) is 0 Å². The molecule has 5 atom stereocenters. The van der Waals surface area contributed by atoms with Crippen molar-refractivity contribution >= 4 is 0 Å². The SMILES string of the molecule is CC(C)n1nc(-c2cncc(C(F)(F)F)c2)cc1C1[C@H]2CC(N3CCOC[C@H]3C)C[C@@H]12. The van der Waals surface area contributed by atoms with Crippen LogP contribution in [0.3, 0.4) is 0 Å². The highest BCUT2D eigenvalue weighted by atomic mass is 19.4. The van der Waals surface area contributed by atoms with Crippen molar-refractivity contribution in [3.63, 3.8) is 0 Å². The van der Waals surface area contributed by atoms with E-state index in [1.165, 1.54) is 19.0 Å². The summed E-state index contributed by atoms with van der Waals surface area (Å²) in [5, 5.41) is 4.69. The van der Waals surface area contributed by atoms with Gasteiger partial charge in [0.1, 0.15) is 0 Å². The number of ether oxygens (including phenoxy) is 1. The molecule has 5 nitrogen and oxygen atoms in total. The maximum absolute atomic E-state index is 13.1. The maximum Gasteiger partial charge on any atom is 0.417 e. The van der Waals surface area contributed by atoms with Crippen molar-refractivity contribution in [2.24, 2.45) is 11.8 Å². The van der Waals surface area contributed by atoms with Crippen molar-refractivity contribution in [1.82, 2.24) is 19.7 Å². The lowest BCUT2D eigenvalue weighted by molar-refractivity contribution is -0.137. The molecule has 0 N–H and O–H groups in total. The minimum atomic E-state index is -4.41. The van der Waals surface area contributed by atoms with E-state index in [0.29, 0.717) is 41.1 Å². The monoisotopic (exact) mass is 434 g/mol. The molecule has 3 heterocycles. The summed E-state index contributed by atoms with van der Waals surface area (Å²) in [6.07, 6.45) is 0.288. The summed E-state index contributed by atoms with van der Waals surface area (Å²) >= 11 is 0. The van der Waals surface area contributed by atoms with Gasteiger partial charge in [-0.1, -0.05) is 0 Å². The standard InChI is InChI=1S/C23H29F3N4O/c1-13(2)30-21(9-20(28-30)15-6-16(11-27-10-15)23(24,25)26)22-18-7-17(8-19(18)22)29-4-5-31-12-14(29)3/h6,9-11,13-14,17-19,22H,4-5,7-8,12H2,1-3H3/t14-,17?,18-,19+,22?/m1/s1. The predicted molar refractivity (Wildman–Crippen MR) is 111 cm³/mol. The zero-order valence-corrected chi connectivity index (χ0v) is 18.1. The van der Waals surface area contributed by atoms with Crippen LogP contribution in [-0.2, 0) is 10.9 Å². The zero-order valence-electron chi connectivity index (χ0n) is 18.1. The third-order valence-corrected chi connectivity index (χ3v) is 7.26. The zero-order chi connectivity index (χ0) is 21.9. The van der Waals surface area contributed by atoms with Crippen LogP contribution >= 0.6 is 0 Å². The van der Waals surface area contributed by atoms with Crippen LogP contribution in [0, 0.1) is 11.8 Å². The van der Waals surface area contributed by atoms with Crippen LogP contribution in [0.5, 0.6) is 0 Å². The molecule has 2 aliphatic carbocycles. The Kier molecular flexibility index (Phi) is 5.13. The third kappa shape index (κ3) is 3.78. The van der Waals surface area contributed by atoms with Crippen LogP contribution in [-0.4, -0.2) is 51.5 Å². The number of morpholine rings is 1. The van der Waals surface area contributed by atoms with Crippen LogP contribution in [0.15, 0.2) is 24.5 Å². The summed E-state index contributed by atoms with van der Waals surface area (Å²) in [7, 11) is 0. The molecule has 1 aliphatic heterocycles. The first-order valence-electron chi connectivity index (χ1n) is 11.2. The molecule has 0 amide bonds. The van der Waals surface area contributed by atoms with E-state index in [4.69, 9.17) is 9.84 Å². The number of halogens is 3. The molecular formula is C23H29F3N4O. The smallest absolute Gasteiger partial charge is 0.379 e. The molecular weight excluding hydrogens is 405 g/mol. The fourth-order valence-electron chi connectivity index (χ4n) is 5.75. The average Bonchev–Trinajstić information content (AvgIpc) is 3.09. The highest BCUT2D eigenvalue weighted by Crippen LogP contribution is 2.64. The summed E-state index contributed by atoms with van der Waals surface area (Å²) < 4.78 is 47.0. The second kappa shape index (κ2) is 7.59. The number of aromatic nitrogens is 3. The summed E-state index contributed by atoms with van der Waals surface area (Å²) in [6.45, 7) is 9.01. The van der Waals surface area contributed by atoms with Gasteiger partial charge in [0, 0.05) is 54.2 Å². The van der Waals surface area contributed by atoms with Gasteiger partial charge >= 0.3 is 6.18 Å². The molecule has 2 saturated carbocycles. The topological polar surface area (TPSA) is 43.2 Å². The van der Waals surface area contributed by atoms with E-state index in [-0.39, 0.29) is 6.04 Å². The Morgan fingerprint density at radius 1 is 1.13 bits per heavy atom. The second-order valence-corrected chi connectivity index (χ2v) is 9.59. The lowest BCUT2D eigenvalue weighted by Crippen LogP contribution is -2.49. The first kappa shape index (κ1) is 20.9. The molecule has 3 fully saturated rings. The van der Waals surface area contributed by atoms with E-state index in [9.17, 15) is 13.2 Å². The quantitative estimate of drug-likeness (QED) is 0.696. The van der Waals surface area contributed by atoms with E-state index >= 15 is 0 Å². The van der Waals surface area contributed by atoms with Gasteiger partial charge < -0.3 is 4.74 Å². The van der Waals surface area contributed by atoms with Gasteiger partial charge in [0.25, 0.3) is 0 Å². The highest BCUT2D eigenvalue weighted by molar-refractivity contribution is 5.60. The lowest BCUT2D eigenvalue weighted by atomic mass is 10.0. The predicted octanol–water partition coefficient (Wildman–Crippen LogP) is 4.76. The molecule has 31 heavy (non-hydrogen) atoms. The van der Waals surface area contributed by atoms with E-state index in [1.807, 2.05) is 10.7 Å². The van der Waals surface area contributed by atoms with Gasteiger partial charge in [0.2, 0.25) is 0 Å². The summed E-state index contributed by atoms with van der Waals surface area (Å²) in [5.41, 5.74) is 1.41. The minimum Gasteiger partial charge on any atom is -0.379 e. The number of hydrogen-bond acceptors (Lipinski definition) is 4. The third-order valence-electron chi connectivity index (χ3n) is 7.26. The Morgan fingerprint density at radius 2 is 1.87 bits per heavy atom. The first-order chi connectivity index (χ1) is 14.7. The average molecular weight is 435 g/mol. The second-order valence-electron chi connectivity index (χ2n) is 9.59. The van der Waals surface area contributed by atoms with Crippen molar-refractivity contribution in [2.75, 3.05) is 19.8 Å². The number of nitrogens with zero attached hydrogens (tertiary/aromatic N) is 4. The minimum absolute atomic E-state index is 0.152. The Morgan fingerprint density at radius 3 is 2.52 bits per heavy atom. The van der Waals surface area contributed by atoms with E-state index in [2.05, 4.69) is 30.7 Å². The lowest BCUT2D eigenvalue weighted by Gasteiger charge is -2.38. The van der Waals surface area contributed by atoms with Crippen molar-refractivity contribution in [3.8, 4) is 11.3 Å². The largest absolute Gasteiger partial charge is 0.417 e. The number of fused-ring (bicyclic) bond motifs is 1. The Bertz CT molecular complexity index is 945. The number of hydrogen-bond donors (Lipinski definition) is 0. The molecule has 168 valence electrons. The highest BCUT2D eigenvalue weighted by Gasteiger charge is 2.59. The fourth-order valence-corrected chi connectivity index (χ4v) is 5.75. The molecule has 1 saturated heterocycles. The summed E-state index contributed by atoms with van der Waals surface area (Å²) in [5.74, 6) is 1.73. The number of rotatable bonds is 4. The maximum atomic E-state index is 13.1. The molecule has 0 aromatic carbocycles. The molecule has 2 unspecified atom stereocenters. The Hall–Kier alpha value is -1.93. The van der Waals surface area contributed by atoms with E-state index < -0.39 is 11.7 Å². The molecule has 0 spiro atoms. The van der Waals surface area contributed by atoms with Crippen LogP contribution in [0.25, 0.3) is 11.3 Å². The molecule has 0 radical (unpaired) electrons. The van der Waals surface area contributed by atoms with Crippen LogP contribution in [0.4, 0.5) is 13.2 Å². The Labute approximate surface area is 180 Å². The van der Waals surface area contributed by atoms with Gasteiger partial charge in [-0.3, -0.25) is 14.6 Å². The molecule has 3 aliphatic rings. The van der Waals surface area contributed by atoms with Crippen molar-refractivity contribution in [2.45, 2.75) is 63.8 Å². The van der Waals surface area contributed by atoms with Crippen molar-refractivity contribution in [1.29, 1.82) is 0 Å². The van der Waals surface area contributed by atoms with Gasteiger partial charge in [-0.2, -0.15) is 18.3 Å². The summed E-state index contributed by atoms with van der Waals surface area (Å²) in [4.78, 5) is 6.42. The van der Waals surface area contributed by atoms with Crippen LogP contribution in [0.1, 0.15) is 56.8 Å². The number of pyridine rings is 1. The van der Waals surface area contributed by atoms with Gasteiger partial charge in [0.05, 0.1) is 24.5 Å². The van der Waals surface area contributed by atoms with Crippen LogP contribution < -0.4 is 0 Å². The van der Waals surface area contributed by atoms with E-state index in [1.54, 1.807) is 0 Å². The summed E-state index contributed by atoms with van der Waals surface area (Å²) in [6, 6.07) is 4.38. The fraction of sp³-hybridized carbons (Fsp3) is 0.652. The first-order valence-corrected chi connectivity index (χ1v) is 11.2. The van der Waals surface area contributed by atoms with E-state index in [0.717, 1.165) is 37.7 Å². The molecule has 2 aromatic heterocycles. The normalized spacial score (nSPS) is 31.3. The number of alkyl halides is 3. The molecule has 8 heteroatoms. The van der Waals surface area contributed by atoms with Crippen LogP contribution in [0.2, 0.25) is 0 Å². The van der Waals surface area contributed by atoms with Crippen molar-refractivity contribution < 1.29 is 17.9 Å². The Balaban J connectivity index is 1.37. The molecule has 0 bridgehead atoms. The van der Waals surface area contributed by atoms with Gasteiger partial charge in [-0.25, -0.2) is 0 Å². The van der Waals surface area contributed by atoms with Gasteiger partial charge in [-0.05, 0) is 57.6 Å². The van der Waals surface area contributed by atoms with Crippen molar-refractivity contribution in [3.05, 3.63) is 35.8 Å². The van der Waals surface area contributed by atoms with Gasteiger partial charge in [-0.15, -0.1) is 0 Å². The molecule has 2 aromatic rings. The molecule has 5 rings (SSSR count).